The first kappa shape index (κ1) is 14.7. The molecule has 0 fully saturated rings. The average Bonchev–Trinajstić information content (AvgIpc) is 3.08. The van der Waals surface area contributed by atoms with E-state index in [1.165, 1.54) is 0 Å². The van der Waals surface area contributed by atoms with Gasteiger partial charge in [0.25, 0.3) is 0 Å². The standard InChI is InChI=1S/C19H15N5O2/c25-19(23-9-7-17-14(11-23)10-21-26-17)24-12-13-4-3-8-20-18(13)22-15-5-1-2-6-16(15)24/h1-10H,11-12H2,(H,20,22). The number of pyridine rings is 1. The predicted octanol–water partition coefficient (Wildman–Crippen LogP) is 3.74. The minimum Gasteiger partial charge on any atom is -0.357 e. The van der Waals surface area contributed by atoms with Crippen LogP contribution in [0.2, 0.25) is 0 Å². The van der Waals surface area contributed by atoms with Gasteiger partial charge in [-0.1, -0.05) is 23.4 Å². The molecule has 1 N–H and O–H groups in total. The Morgan fingerprint density at radius 1 is 1.12 bits per heavy atom. The number of rotatable bonds is 0. The van der Waals surface area contributed by atoms with Crippen LogP contribution in [0.4, 0.5) is 22.0 Å². The van der Waals surface area contributed by atoms with Gasteiger partial charge in [0.15, 0.2) is 5.76 Å². The van der Waals surface area contributed by atoms with Crippen molar-refractivity contribution in [2.24, 2.45) is 0 Å². The number of aromatic nitrogens is 2. The molecule has 3 aromatic rings. The number of benzene rings is 1. The van der Waals surface area contributed by atoms with Crippen LogP contribution in [-0.4, -0.2) is 21.1 Å². The lowest BCUT2D eigenvalue weighted by molar-refractivity contribution is 0.219. The molecule has 2 amide bonds. The van der Waals surface area contributed by atoms with E-state index in [-0.39, 0.29) is 6.03 Å². The fourth-order valence-electron chi connectivity index (χ4n) is 3.25. The number of hydrogen-bond donors (Lipinski definition) is 1. The van der Waals surface area contributed by atoms with Gasteiger partial charge in [-0.3, -0.25) is 9.80 Å². The SMILES string of the molecule is O=C(N1C=Cc2oncc2C1)N1Cc2cccnc2Nc2ccccc21. The molecule has 2 aliphatic rings. The molecule has 7 heteroatoms. The third kappa shape index (κ3) is 2.33. The Kier molecular flexibility index (Phi) is 3.24. The van der Waals surface area contributed by atoms with E-state index in [2.05, 4.69) is 15.5 Å². The zero-order chi connectivity index (χ0) is 17.5. The molecule has 2 aliphatic heterocycles. The van der Waals surface area contributed by atoms with Gasteiger partial charge < -0.3 is 9.84 Å². The minimum absolute atomic E-state index is 0.112. The van der Waals surface area contributed by atoms with Gasteiger partial charge in [-0.15, -0.1) is 0 Å². The zero-order valence-electron chi connectivity index (χ0n) is 13.8. The first-order valence-corrected chi connectivity index (χ1v) is 8.29. The summed E-state index contributed by atoms with van der Waals surface area (Å²) in [5.74, 6) is 1.47. The smallest absolute Gasteiger partial charge is 0.329 e. The molecule has 0 bridgehead atoms. The summed E-state index contributed by atoms with van der Waals surface area (Å²) >= 11 is 0. The van der Waals surface area contributed by atoms with E-state index in [1.54, 1.807) is 34.5 Å². The van der Waals surface area contributed by atoms with Gasteiger partial charge >= 0.3 is 6.03 Å². The number of para-hydroxylation sites is 2. The second-order valence-corrected chi connectivity index (χ2v) is 6.18. The summed E-state index contributed by atoms with van der Waals surface area (Å²) < 4.78 is 5.15. The molecule has 128 valence electrons. The predicted molar refractivity (Wildman–Crippen MR) is 96.6 cm³/mol. The molecule has 0 aliphatic carbocycles. The van der Waals surface area contributed by atoms with Gasteiger partial charge in [0, 0.05) is 29.6 Å². The van der Waals surface area contributed by atoms with E-state index < -0.39 is 0 Å². The Morgan fingerprint density at radius 2 is 2.04 bits per heavy atom. The van der Waals surface area contributed by atoms with Crippen LogP contribution in [0.25, 0.3) is 6.08 Å². The Balaban J connectivity index is 1.54. The van der Waals surface area contributed by atoms with Crippen LogP contribution < -0.4 is 10.2 Å². The third-order valence-corrected chi connectivity index (χ3v) is 4.57. The van der Waals surface area contributed by atoms with Crippen molar-refractivity contribution in [3.05, 3.63) is 71.9 Å². The van der Waals surface area contributed by atoms with Crippen LogP contribution >= 0.6 is 0 Å². The Hall–Kier alpha value is -3.61. The highest BCUT2D eigenvalue weighted by Gasteiger charge is 2.29. The van der Waals surface area contributed by atoms with Crippen LogP contribution in [0.5, 0.6) is 0 Å². The molecular weight excluding hydrogens is 330 g/mol. The number of hydrogen-bond acceptors (Lipinski definition) is 5. The van der Waals surface area contributed by atoms with Crippen molar-refractivity contribution >= 4 is 29.3 Å². The number of nitrogens with one attached hydrogen (secondary N) is 1. The van der Waals surface area contributed by atoms with Crippen LogP contribution in [0.1, 0.15) is 16.9 Å². The molecule has 0 spiro atoms. The van der Waals surface area contributed by atoms with Crippen LogP contribution in [0, 0.1) is 0 Å². The van der Waals surface area contributed by atoms with Crippen molar-refractivity contribution in [3.63, 3.8) is 0 Å². The maximum Gasteiger partial charge on any atom is 0.329 e. The van der Waals surface area contributed by atoms with Gasteiger partial charge in [0.1, 0.15) is 5.82 Å². The molecule has 0 atom stereocenters. The van der Waals surface area contributed by atoms with Crippen molar-refractivity contribution in [2.45, 2.75) is 13.1 Å². The number of amides is 2. The Morgan fingerprint density at radius 3 is 3.00 bits per heavy atom. The van der Waals surface area contributed by atoms with Crippen LogP contribution in [-0.2, 0) is 13.1 Å². The molecule has 0 saturated carbocycles. The topological polar surface area (TPSA) is 74.5 Å². The summed E-state index contributed by atoms with van der Waals surface area (Å²) in [7, 11) is 0. The summed E-state index contributed by atoms with van der Waals surface area (Å²) in [4.78, 5) is 21.1. The van der Waals surface area contributed by atoms with Crippen LogP contribution in [0.3, 0.4) is 0 Å². The lowest BCUT2D eigenvalue weighted by atomic mass is 10.2. The number of urea groups is 1. The zero-order valence-corrected chi connectivity index (χ0v) is 13.8. The highest BCUT2D eigenvalue weighted by molar-refractivity contribution is 5.98. The summed E-state index contributed by atoms with van der Waals surface area (Å²) in [6.07, 6.45) is 6.89. The molecule has 1 aromatic carbocycles. The quantitative estimate of drug-likeness (QED) is 0.672. The van der Waals surface area contributed by atoms with Gasteiger partial charge in [-0.2, -0.15) is 0 Å². The van der Waals surface area contributed by atoms with Crippen molar-refractivity contribution in [1.82, 2.24) is 15.0 Å². The van der Waals surface area contributed by atoms with Crippen molar-refractivity contribution in [3.8, 4) is 0 Å². The lowest BCUT2D eigenvalue weighted by Crippen LogP contribution is -2.40. The molecule has 0 radical (unpaired) electrons. The van der Waals surface area contributed by atoms with E-state index >= 15 is 0 Å². The van der Waals surface area contributed by atoms with Crippen LogP contribution in [0.15, 0.2) is 59.5 Å². The van der Waals surface area contributed by atoms with Gasteiger partial charge in [-0.05, 0) is 18.2 Å². The second-order valence-electron chi connectivity index (χ2n) is 6.18. The molecule has 4 heterocycles. The number of nitrogens with zero attached hydrogens (tertiary/aromatic N) is 4. The van der Waals surface area contributed by atoms with Gasteiger partial charge in [-0.25, -0.2) is 9.78 Å². The Bertz CT molecular complexity index is 1030. The number of carbonyl (C=O) groups excluding carboxylic acids is 1. The van der Waals surface area contributed by atoms with Crippen molar-refractivity contribution in [1.29, 1.82) is 0 Å². The van der Waals surface area contributed by atoms with E-state index in [1.807, 2.05) is 36.4 Å². The van der Waals surface area contributed by atoms with Crippen molar-refractivity contribution < 1.29 is 9.32 Å². The first-order valence-electron chi connectivity index (χ1n) is 8.29. The minimum atomic E-state index is -0.112. The molecular formula is C19H15N5O2. The first-order chi connectivity index (χ1) is 12.8. The summed E-state index contributed by atoms with van der Waals surface area (Å²) in [5, 5.41) is 7.13. The summed E-state index contributed by atoms with van der Waals surface area (Å²) in [6, 6.07) is 11.5. The van der Waals surface area contributed by atoms with Crippen molar-refractivity contribution in [2.75, 3.05) is 10.2 Å². The second kappa shape index (κ2) is 5.73. The fraction of sp³-hybridized carbons (Fsp3) is 0.105. The number of fused-ring (bicyclic) bond motifs is 3. The maximum absolute atomic E-state index is 13.3. The monoisotopic (exact) mass is 345 g/mol. The highest BCUT2D eigenvalue weighted by atomic mass is 16.5. The van der Waals surface area contributed by atoms with Gasteiger partial charge in [0.05, 0.1) is 30.7 Å². The number of carbonyl (C=O) groups is 1. The van der Waals surface area contributed by atoms with E-state index in [0.29, 0.717) is 18.8 Å². The fourth-order valence-corrected chi connectivity index (χ4v) is 3.25. The average molecular weight is 345 g/mol. The lowest BCUT2D eigenvalue weighted by Gasteiger charge is -2.29. The summed E-state index contributed by atoms with van der Waals surface area (Å²) in [5.41, 5.74) is 3.53. The molecule has 5 rings (SSSR count). The highest BCUT2D eigenvalue weighted by Crippen LogP contribution is 2.35. The summed E-state index contributed by atoms with van der Waals surface area (Å²) in [6.45, 7) is 0.868. The van der Waals surface area contributed by atoms with E-state index in [4.69, 9.17) is 4.52 Å². The largest absolute Gasteiger partial charge is 0.357 e. The molecule has 2 aromatic heterocycles. The third-order valence-electron chi connectivity index (χ3n) is 4.57. The van der Waals surface area contributed by atoms with E-state index in [0.717, 1.165) is 28.3 Å². The molecule has 26 heavy (non-hydrogen) atoms. The van der Waals surface area contributed by atoms with E-state index in [9.17, 15) is 4.79 Å². The maximum atomic E-state index is 13.3. The molecule has 0 unspecified atom stereocenters. The van der Waals surface area contributed by atoms with Gasteiger partial charge in [0.2, 0.25) is 0 Å². The molecule has 7 nitrogen and oxygen atoms in total. The Labute approximate surface area is 149 Å². The number of anilines is 3. The molecule has 0 saturated heterocycles. The normalized spacial score (nSPS) is 14.8.